The first-order chi connectivity index (χ1) is 10.9. The maximum Gasteiger partial charge on any atom is 0.316 e. The van der Waals surface area contributed by atoms with Crippen LogP contribution in [0.4, 0.5) is 5.69 Å². The van der Waals surface area contributed by atoms with E-state index in [1.54, 1.807) is 30.2 Å². The van der Waals surface area contributed by atoms with Gasteiger partial charge in [-0.05, 0) is 39.8 Å². The Balaban J connectivity index is 2.34. The summed E-state index contributed by atoms with van der Waals surface area (Å²) >= 11 is 0. The standard InChI is InChI=1S/C17H24N2O4/c1-11(2)19(12(3)4)17(21)16(20)18-9-10-23-15-13(18)7-6-8-14(15)22-5/h6-8,11-12H,9-10H2,1-5H3. The molecule has 126 valence electrons. The fraction of sp³-hybridized carbons (Fsp3) is 0.529. The van der Waals surface area contributed by atoms with Crippen molar-refractivity contribution < 1.29 is 19.1 Å². The van der Waals surface area contributed by atoms with Gasteiger partial charge in [0, 0.05) is 12.1 Å². The Morgan fingerprint density at radius 2 is 1.87 bits per heavy atom. The number of carbonyl (C=O) groups excluding carboxylic acids is 2. The van der Waals surface area contributed by atoms with E-state index in [2.05, 4.69) is 0 Å². The zero-order chi connectivity index (χ0) is 17.1. The first-order valence-corrected chi connectivity index (χ1v) is 7.82. The molecule has 1 aliphatic rings. The number of para-hydroxylation sites is 1. The summed E-state index contributed by atoms with van der Waals surface area (Å²) in [5.41, 5.74) is 0.571. The van der Waals surface area contributed by atoms with Crippen LogP contribution in [0.1, 0.15) is 27.7 Å². The molecule has 2 rings (SSSR count). The van der Waals surface area contributed by atoms with Crippen LogP contribution in [-0.4, -0.2) is 49.1 Å². The Bertz CT molecular complexity index is 590. The van der Waals surface area contributed by atoms with E-state index < -0.39 is 11.8 Å². The molecule has 0 N–H and O–H groups in total. The molecule has 0 radical (unpaired) electrons. The molecule has 2 amide bonds. The van der Waals surface area contributed by atoms with Crippen molar-refractivity contribution in [1.29, 1.82) is 0 Å². The van der Waals surface area contributed by atoms with Crippen molar-refractivity contribution in [1.82, 2.24) is 4.90 Å². The molecule has 1 aliphatic heterocycles. The van der Waals surface area contributed by atoms with E-state index in [4.69, 9.17) is 9.47 Å². The van der Waals surface area contributed by atoms with Crippen molar-refractivity contribution in [3.63, 3.8) is 0 Å². The van der Waals surface area contributed by atoms with Gasteiger partial charge in [0.05, 0.1) is 19.3 Å². The number of carbonyl (C=O) groups is 2. The second-order valence-electron chi connectivity index (χ2n) is 6.01. The normalized spacial score (nSPS) is 13.6. The van der Waals surface area contributed by atoms with Crippen LogP contribution < -0.4 is 14.4 Å². The lowest BCUT2D eigenvalue weighted by Crippen LogP contribution is -2.52. The number of benzene rings is 1. The number of methoxy groups -OCH3 is 1. The average Bonchev–Trinajstić information content (AvgIpc) is 2.52. The molecule has 0 aromatic heterocycles. The van der Waals surface area contributed by atoms with Crippen LogP contribution in [0.5, 0.6) is 11.5 Å². The van der Waals surface area contributed by atoms with Gasteiger partial charge < -0.3 is 14.4 Å². The second-order valence-corrected chi connectivity index (χ2v) is 6.01. The molecule has 0 bridgehead atoms. The quantitative estimate of drug-likeness (QED) is 0.800. The van der Waals surface area contributed by atoms with Crippen molar-refractivity contribution in [2.24, 2.45) is 0 Å². The fourth-order valence-electron chi connectivity index (χ4n) is 2.88. The Hall–Kier alpha value is -2.24. The van der Waals surface area contributed by atoms with Gasteiger partial charge in [-0.1, -0.05) is 6.07 Å². The number of hydrogen-bond acceptors (Lipinski definition) is 4. The van der Waals surface area contributed by atoms with Gasteiger partial charge in [0.2, 0.25) is 0 Å². The van der Waals surface area contributed by atoms with E-state index in [9.17, 15) is 9.59 Å². The molecule has 23 heavy (non-hydrogen) atoms. The molecule has 1 heterocycles. The van der Waals surface area contributed by atoms with Crippen LogP contribution in [0.25, 0.3) is 0 Å². The molecule has 0 saturated heterocycles. The third-order valence-electron chi connectivity index (χ3n) is 3.81. The Kier molecular flexibility index (Phi) is 5.13. The number of fused-ring (bicyclic) bond motifs is 1. The lowest BCUT2D eigenvalue weighted by atomic mass is 10.2. The van der Waals surface area contributed by atoms with Crippen molar-refractivity contribution in [3.8, 4) is 11.5 Å². The molecule has 6 heteroatoms. The van der Waals surface area contributed by atoms with Crippen molar-refractivity contribution in [2.45, 2.75) is 39.8 Å². The number of ether oxygens (including phenoxy) is 2. The molecule has 0 atom stereocenters. The SMILES string of the molecule is COc1cccc2c1OCCN2C(=O)C(=O)N(C(C)C)C(C)C. The van der Waals surface area contributed by atoms with Crippen LogP contribution >= 0.6 is 0 Å². The highest BCUT2D eigenvalue weighted by Crippen LogP contribution is 2.39. The lowest BCUT2D eigenvalue weighted by Gasteiger charge is -2.34. The van der Waals surface area contributed by atoms with Crippen LogP contribution in [0, 0.1) is 0 Å². The summed E-state index contributed by atoms with van der Waals surface area (Å²) in [4.78, 5) is 28.5. The maximum atomic E-state index is 12.7. The van der Waals surface area contributed by atoms with Gasteiger partial charge in [0.1, 0.15) is 6.61 Å². The Morgan fingerprint density at radius 1 is 1.22 bits per heavy atom. The predicted octanol–water partition coefficient (Wildman–Crippen LogP) is 2.07. The minimum absolute atomic E-state index is 0.0442. The smallest absolute Gasteiger partial charge is 0.316 e. The molecular weight excluding hydrogens is 296 g/mol. The molecule has 0 unspecified atom stereocenters. The van der Waals surface area contributed by atoms with Gasteiger partial charge in [0.15, 0.2) is 11.5 Å². The first kappa shape index (κ1) is 17.1. The van der Waals surface area contributed by atoms with E-state index in [0.717, 1.165) is 0 Å². The van der Waals surface area contributed by atoms with Gasteiger partial charge in [-0.15, -0.1) is 0 Å². The van der Waals surface area contributed by atoms with Crippen LogP contribution in [0.15, 0.2) is 18.2 Å². The summed E-state index contributed by atoms with van der Waals surface area (Å²) in [6, 6.07) is 5.22. The number of hydrogen-bond donors (Lipinski definition) is 0. The predicted molar refractivity (Wildman–Crippen MR) is 88.0 cm³/mol. The van der Waals surface area contributed by atoms with Crippen molar-refractivity contribution in [3.05, 3.63) is 18.2 Å². The van der Waals surface area contributed by atoms with Crippen LogP contribution in [-0.2, 0) is 9.59 Å². The number of amides is 2. The molecule has 0 fully saturated rings. The molecule has 1 aromatic rings. The number of rotatable bonds is 3. The average molecular weight is 320 g/mol. The minimum atomic E-state index is -0.537. The van der Waals surface area contributed by atoms with E-state index in [1.807, 2.05) is 27.7 Å². The van der Waals surface area contributed by atoms with Crippen LogP contribution in [0.2, 0.25) is 0 Å². The molecule has 1 aromatic carbocycles. The van der Waals surface area contributed by atoms with Gasteiger partial charge in [-0.2, -0.15) is 0 Å². The van der Waals surface area contributed by atoms with E-state index in [-0.39, 0.29) is 12.1 Å². The summed E-state index contributed by atoms with van der Waals surface area (Å²) in [6.45, 7) is 8.29. The summed E-state index contributed by atoms with van der Waals surface area (Å²) < 4.78 is 10.9. The van der Waals surface area contributed by atoms with E-state index in [0.29, 0.717) is 30.3 Å². The molecule has 0 spiro atoms. The largest absolute Gasteiger partial charge is 0.493 e. The topological polar surface area (TPSA) is 59.1 Å². The van der Waals surface area contributed by atoms with Gasteiger partial charge in [0.25, 0.3) is 0 Å². The molecule has 0 saturated carbocycles. The van der Waals surface area contributed by atoms with E-state index in [1.165, 1.54) is 4.90 Å². The monoisotopic (exact) mass is 320 g/mol. The Labute approximate surface area is 137 Å². The number of nitrogens with zero attached hydrogens (tertiary/aromatic N) is 2. The van der Waals surface area contributed by atoms with Crippen molar-refractivity contribution >= 4 is 17.5 Å². The highest BCUT2D eigenvalue weighted by molar-refractivity contribution is 6.40. The second kappa shape index (κ2) is 6.89. The summed E-state index contributed by atoms with van der Waals surface area (Å²) in [6.07, 6.45) is 0. The highest BCUT2D eigenvalue weighted by atomic mass is 16.5. The summed E-state index contributed by atoms with van der Waals surface area (Å²) in [7, 11) is 1.55. The first-order valence-electron chi connectivity index (χ1n) is 7.82. The third kappa shape index (κ3) is 3.25. The summed E-state index contributed by atoms with van der Waals surface area (Å²) in [5, 5.41) is 0. The molecule has 0 aliphatic carbocycles. The fourth-order valence-corrected chi connectivity index (χ4v) is 2.88. The minimum Gasteiger partial charge on any atom is -0.493 e. The zero-order valence-corrected chi connectivity index (χ0v) is 14.3. The van der Waals surface area contributed by atoms with Gasteiger partial charge in [-0.3, -0.25) is 14.5 Å². The highest BCUT2D eigenvalue weighted by Gasteiger charge is 2.34. The summed E-state index contributed by atoms with van der Waals surface area (Å²) in [5.74, 6) is 0.0240. The van der Waals surface area contributed by atoms with Gasteiger partial charge >= 0.3 is 11.8 Å². The van der Waals surface area contributed by atoms with E-state index >= 15 is 0 Å². The molecule has 6 nitrogen and oxygen atoms in total. The number of anilines is 1. The van der Waals surface area contributed by atoms with Crippen molar-refractivity contribution in [2.75, 3.05) is 25.2 Å². The maximum absolute atomic E-state index is 12.7. The zero-order valence-electron chi connectivity index (χ0n) is 14.3. The lowest BCUT2D eigenvalue weighted by molar-refractivity contribution is -0.147. The van der Waals surface area contributed by atoms with Gasteiger partial charge in [-0.25, -0.2) is 0 Å². The Morgan fingerprint density at radius 3 is 2.43 bits per heavy atom. The van der Waals surface area contributed by atoms with Crippen LogP contribution in [0.3, 0.4) is 0 Å². The third-order valence-corrected chi connectivity index (χ3v) is 3.81. The molecular formula is C17H24N2O4.